The van der Waals surface area contributed by atoms with Crippen molar-refractivity contribution in [2.75, 3.05) is 0 Å². The lowest BCUT2D eigenvalue weighted by molar-refractivity contribution is -0.128. The van der Waals surface area contributed by atoms with Gasteiger partial charge in [-0.25, -0.2) is 0 Å². The molecule has 18 heavy (non-hydrogen) atoms. The first-order valence-corrected chi connectivity index (χ1v) is 6.61. The van der Waals surface area contributed by atoms with Crippen molar-refractivity contribution in [2.45, 2.75) is 52.7 Å². The van der Waals surface area contributed by atoms with E-state index < -0.39 is 6.10 Å². The van der Waals surface area contributed by atoms with E-state index in [0.29, 0.717) is 6.42 Å². The molecule has 3 heteroatoms. The molecule has 0 saturated heterocycles. The molecule has 1 rings (SSSR count). The molecule has 0 heterocycles. The minimum Gasteiger partial charge on any atom is -0.480 e. The second-order valence-corrected chi connectivity index (χ2v) is 4.60. The van der Waals surface area contributed by atoms with Crippen LogP contribution in [0.3, 0.4) is 0 Å². The zero-order valence-electron chi connectivity index (χ0n) is 11.7. The Morgan fingerprint density at radius 2 is 1.94 bits per heavy atom. The van der Waals surface area contributed by atoms with Gasteiger partial charge in [-0.15, -0.1) is 0 Å². The van der Waals surface area contributed by atoms with Gasteiger partial charge in [0.1, 0.15) is 5.75 Å². The van der Waals surface area contributed by atoms with E-state index in [1.54, 1.807) is 0 Å². The molecule has 0 saturated carbocycles. The van der Waals surface area contributed by atoms with Crippen molar-refractivity contribution in [3.8, 4) is 5.75 Å². The fourth-order valence-electron chi connectivity index (χ4n) is 1.60. The van der Waals surface area contributed by atoms with E-state index in [4.69, 9.17) is 4.74 Å². The van der Waals surface area contributed by atoms with E-state index in [0.717, 1.165) is 17.7 Å². The summed E-state index contributed by atoms with van der Waals surface area (Å²) < 4.78 is 5.79. The van der Waals surface area contributed by atoms with Gasteiger partial charge in [-0.05, 0) is 38.3 Å². The average molecular weight is 249 g/mol. The maximum atomic E-state index is 12.0. The zero-order chi connectivity index (χ0) is 13.5. The van der Waals surface area contributed by atoms with Gasteiger partial charge in [0, 0.05) is 6.04 Å². The van der Waals surface area contributed by atoms with Crippen molar-refractivity contribution in [1.29, 1.82) is 0 Å². The third-order valence-corrected chi connectivity index (χ3v) is 3.03. The van der Waals surface area contributed by atoms with Gasteiger partial charge in [-0.1, -0.05) is 32.0 Å². The Hall–Kier alpha value is -1.51. The van der Waals surface area contributed by atoms with Crippen LogP contribution in [0.4, 0.5) is 0 Å². The maximum absolute atomic E-state index is 12.0. The number of carbonyl (C=O) groups excluding carboxylic acids is 1. The predicted molar refractivity (Wildman–Crippen MR) is 73.8 cm³/mol. The standard InChI is InChI=1S/C15H23NO2/c1-5-12(4)16-15(17)13(6-2)18-14-10-8-7-9-11(14)3/h7-10,12-13H,5-6H2,1-4H3,(H,16,17)/t12-,13-/m0/s1. The van der Waals surface area contributed by atoms with E-state index in [9.17, 15) is 4.79 Å². The fraction of sp³-hybridized carbons (Fsp3) is 0.533. The van der Waals surface area contributed by atoms with E-state index in [-0.39, 0.29) is 11.9 Å². The van der Waals surface area contributed by atoms with Crippen molar-refractivity contribution >= 4 is 5.91 Å². The monoisotopic (exact) mass is 249 g/mol. The maximum Gasteiger partial charge on any atom is 0.261 e. The molecule has 1 amide bonds. The number of para-hydroxylation sites is 1. The SMILES string of the molecule is CC[C@H](Oc1ccccc1C)C(=O)N[C@@H](C)CC. The Balaban J connectivity index is 2.67. The highest BCUT2D eigenvalue weighted by Gasteiger charge is 2.19. The third-order valence-electron chi connectivity index (χ3n) is 3.03. The lowest BCUT2D eigenvalue weighted by Gasteiger charge is -2.20. The van der Waals surface area contributed by atoms with Crippen molar-refractivity contribution in [1.82, 2.24) is 5.32 Å². The first-order valence-electron chi connectivity index (χ1n) is 6.61. The summed E-state index contributed by atoms with van der Waals surface area (Å²) in [5.41, 5.74) is 1.05. The summed E-state index contributed by atoms with van der Waals surface area (Å²) in [4.78, 5) is 12.0. The Morgan fingerprint density at radius 1 is 1.28 bits per heavy atom. The summed E-state index contributed by atoms with van der Waals surface area (Å²) in [6.07, 6.45) is 1.17. The average Bonchev–Trinajstić information content (AvgIpc) is 2.37. The van der Waals surface area contributed by atoms with Gasteiger partial charge in [0.25, 0.3) is 5.91 Å². The molecule has 2 atom stereocenters. The molecule has 3 nitrogen and oxygen atoms in total. The second-order valence-electron chi connectivity index (χ2n) is 4.60. The molecule has 0 aliphatic heterocycles. The number of rotatable bonds is 6. The van der Waals surface area contributed by atoms with Crippen molar-refractivity contribution in [3.05, 3.63) is 29.8 Å². The van der Waals surface area contributed by atoms with Crippen LogP contribution in [0.25, 0.3) is 0 Å². The summed E-state index contributed by atoms with van der Waals surface area (Å²) in [6, 6.07) is 7.94. The van der Waals surface area contributed by atoms with Gasteiger partial charge < -0.3 is 10.1 Å². The number of carbonyl (C=O) groups is 1. The first-order chi connectivity index (χ1) is 8.58. The second kappa shape index (κ2) is 7.04. The van der Waals surface area contributed by atoms with Gasteiger partial charge in [0.05, 0.1) is 0 Å². The van der Waals surface area contributed by atoms with E-state index >= 15 is 0 Å². The van der Waals surface area contributed by atoms with Crippen LogP contribution >= 0.6 is 0 Å². The molecular weight excluding hydrogens is 226 g/mol. The minimum absolute atomic E-state index is 0.0323. The largest absolute Gasteiger partial charge is 0.480 e. The molecule has 0 unspecified atom stereocenters. The number of benzene rings is 1. The molecule has 0 aromatic heterocycles. The number of hydrogen-bond acceptors (Lipinski definition) is 2. The van der Waals surface area contributed by atoms with Crippen LogP contribution in [0, 0.1) is 6.92 Å². The Morgan fingerprint density at radius 3 is 2.50 bits per heavy atom. The van der Waals surface area contributed by atoms with Crippen LogP contribution in [-0.4, -0.2) is 18.1 Å². The van der Waals surface area contributed by atoms with Gasteiger partial charge in [-0.3, -0.25) is 4.79 Å². The van der Waals surface area contributed by atoms with Crippen molar-refractivity contribution in [2.24, 2.45) is 0 Å². The topological polar surface area (TPSA) is 38.3 Å². The number of amides is 1. The Bertz CT molecular complexity index is 390. The van der Waals surface area contributed by atoms with E-state index in [2.05, 4.69) is 5.32 Å². The molecule has 0 aliphatic carbocycles. The highest BCUT2D eigenvalue weighted by atomic mass is 16.5. The lowest BCUT2D eigenvalue weighted by Crippen LogP contribution is -2.42. The molecule has 0 radical (unpaired) electrons. The van der Waals surface area contributed by atoms with Crippen molar-refractivity contribution in [3.63, 3.8) is 0 Å². The van der Waals surface area contributed by atoms with Gasteiger partial charge in [0.2, 0.25) is 0 Å². The predicted octanol–water partition coefficient (Wildman–Crippen LogP) is 3.07. The van der Waals surface area contributed by atoms with Crippen LogP contribution in [-0.2, 0) is 4.79 Å². The summed E-state index contributed by atoms with van der Waals surface area (Å²) in [5.74, 6) is 0.749. The molecule has 0 aliphatic rings. The van der Waals surface area contributed by atoms with Gasteiger partial charge in [0.15, 0.2) is 6.10 Å². The third kappa shape index (κ3) is 4.06. The van der Waals surface area contributed by atoms with Crippen LogP contribution < -0.4 is 10.1 Å². The summed E-state index contributed by atoms with van der Waals surface area (Å²) >= 11 is 0. The molecule has 0 spiro atoms. The Labute approximate surface area is 110 Å². The summed E-state index contributed by atoms with van der Waals surface area (Å²) in [6.45, 7) is 7.99. The van der Waals surface area contributed by atoms with Crippen molar-refractivity contribution < 1.29 is 9.53 Å². The number of ether oxygens (including phenoxy) is 1. The molecule has 1 aromatic carbocycles. The number of aryl methyl sites for hydroxylation is 1. The van der Waals surface area contributed by atoms with Gasteiger partial charge >= 0.3 is 0 Å². The highest BCUT2D eigenvalue weighted by Crippen LogP contribution is 2.18. The number of hydrogen-bond donors (Lipinski definition) is 1. The first kappa shape index (κ1) is 14.6. The molecule has 1 aromatic rings. The van der Waals surface area contributed by atoms with Gasteiger partial charge in [-0.2, -0.15) is 0 Å². The molecule has 0 bridgehead atoms. The fourth-order valence-corrected chi connectivity index (χ4v) is 1.60. The van der Waals surface area contributed by atoms with E-state index in [1.165, 1.54) is 0 Å². The van der Waals surface area contributed by atoms with Crippen LogP contribution in [0.1, 0.15) is 39.2 Å². The molecule has 0 fully saturated rings. The molecule has 1 N–H and O–H groups in total. The Kier molecular flexibility index (Phi) is 5.69. The number of nitrogens with one attached hydrogen (secondary N) is 1. The smallest absolute Gasteiger partial charge is 0.261 e. The lowest BCUT2D eigenvalue weighted by atomic mass is 10.2. The summed E-state index contributed by atoms with van der Waals surface area (Å²) in [7, 11) is 0. The van der Waals surface area contributed by atoms with E-state index in [1.807, 2.05) is 52.0 Å². The quantitative estimate of drug-likeness (QED) is 0.841. The summed E-state index contributed by atoms with van der Waals surface area (Å²) in [5, 5.41) is 2.96. The molecular formula is C15H23NO2. The van der Waals surface area contributed by atoms with Crippen LogP contribution in [0.15, 0.2) is 24.3 Å². The molecule has 100 valence electrons. The van der Waals surface area contributed by atoms with Crippen LogP contribution in [0.2, 0.25) is 0 Å². The van der Waals surface area contributed by atoms with Crippen LogP contribution in [0.5, 0.6) is 5.75 Å². The normalized spacial score (nSPS) is 13.8. The highest BCUT2D eigenvalue weighted by molar-refractivity contribution is 5.81. The zero-order valence-corrected chi connectivity index (χ0v) is 11.7. The minimum atomic E-state index is -0.417.